The number of allylic oxidation sites excluding steroid dienone is 2. The van der Waals surface area contributed by atoms with Crippen molar-refractivity contribution in [1.29, 1.82) is 0 Å². The van der Waals surface area contributed by atoms with Gasteiger partial charge in [0.25, 0.3) is 0 Å². The normalized spacial score (nSPS) is 13.2. The first-order chi connectivity index (χ1) is 14.9. The van der Waals surface area contributed by atoms with Crippen LogP contribution in [0.1, 0.15) is 123 Å². The van der Waals surface area contributed by atoms with Gasteiger partial charge in [-0.15, -0.1) is 0 Å². The van der Waals surface area contributed by atoms with E-state index in [0.29, 0.717) is 12.2 Å². The number of carbonyl (C=O) groups excluding carboxylic acids is 1. The van der Waals surface area contributed by atoms with Gasteiger partial charge in [-0.2, -0.15) is 0 Å². The number of nitrogens with zero attached hydrogens (tertiary/aromatic N) is 1. The van der Waals surface area contributed by atoms with Crippen LogP contribution in [0, 0.1) is 0 Å². The van der Waals surface area contributed by atoms with Gasteiger partial charge in [0.2, 0.25) is 0 Å². The molecule has 0 saturated carbocycles. The standard InChI is InChI=1S/C28H56NO2/c1-6-8-10-11-12-13-14-15-16-17-18-19-20-21-22-24-27(30)28(26-29(3,4)5)31-25-23-9-7-2/h15-16,28H,6-14,17-26H2,1-5H3/q+1/b16-15-. The van der Waals surface area contributed by atoms with Crippen LogP contribution < -0.4 is 0 Å². The SMILES string of the molecule is CCCCCCCC/C=C\CCCCCCCC(=O)C(C[N+](C)(C)C)OCCCCC. The molecule has 0 aromatic rings. The van der Waals surface area contributed by atoms with Crippen molar-refractivity contribution in [3.8, 4) is 0 Å². The van der Waals surface area contributed by atoms with E-state index in [9.17, 15) is 4.79 Å². The summed E-state index contributed by atoms with van der Waals surface area (Å²) < 4.78 is 6.76. The van der Waals surface area contributed by atoms with Gasteiger partial charge in [0.15, 0.2) is 11.9 Å². The zero-order valence-corrected chi connectivity index (χ0v) is 21.9. The van der Waals surface area contributed by atoms with Crippen molar-refractivity contribution >= 4 is 5.78 Å². The molecular formula is C28H56NO2+. The average molecular weight is 439 g/mol. The Bertz CT molecular complexity index is 425. The van der Waals surface area contributed by atoms with Crippen LogP contribution in [0.3, 0.4) is 0 Å². The first kappa shape index (κ1) is 30.3. The molecule has 0 radical (unpaired) electrons. The van der Waals surface area contributed by atoms with E-state index in [1.807, 2.05) is 0 Å². The van der Waals surface area contributed by atoms with Crippen LogP contribution in [0.25, 0.3) is 0 Å². The van der Waals surface area contributed by atoms with E-state index in [4.69, 9.17) is 4.74 Å². The zero-order chi connectivity index (χ0) is 23.2. The Morgan fingerprint density at radius 3 is 1.74 bits per heavy atom. The van der Waals surface area contributed by atoms with E-state index >= 15 is 0 Å². The van der Waals surface area contributed by atoms with Crippen molar-refractivity contribution in [3.63, 3.8) is 0 Å². The van der Waals surface area contributed by atoms with Gasteiger partial charge >= 0.3 is 0 Å². The second-order valence-electron chi connectivity index (χ2n) is 10.3. The van der Waals surface area contributed by atoms with Crippen molar-refractivity contribution in [2.24, 2.45) is 0 Å². The fourth-order valence-corrected chi connectivity index (χ4v) is 3.85. The molecular weight excluding hydrogens is 382 g/mol. The van der Waals surface area contributed by atoms with Crippen LogP contribution in [0.2, 0.25) is 0 Å². The molecule has 3 heteroatoms. The van der Waals surface area contributed by atoms with E-state index in [2.05, 4.69) is 47.1 Å². The lowest BCUT2D eigenvalue weighted by Crippen LogP contribution is -2.45. The molecule has 3 nitrogen and oxygen atoms in total. The lowest BCUT2D eigenvalue weighted by Gasteiger charge is -2.28. The number of hydrogen-bond donors (Lipinski definition) is 0. The molecule has 0 aliphatic rings. The number of Topliss-reactive ketones (excluding diaryl/α,β-unsaturated/α-hetero) is 1. The number of rotatable bonds is 23. The summed E-state index contributed by atoms with van der Waals surface area (Å²) >= 11 is 0. The Labute approximate surface area is 195 Å². The van der Waals surface area contributed by atoms with Crippen LogP contribution in [0.15, 0.2) is 12.2 Å². The maximum absolute atomic E-state index is 12.7. The minimum atomic E-state index is -0.228. The molecule has 0 aliphatic carbocycles. The van der Waals surface area contributed by atoms with Gasteiger partial charge < -0.3 is 9.22 Å². The molecule has 0 amide bonds. The maximum atomic E-state index is 12.7. The predicted octanol–water partition coefficient (Wildman–Crippen LogP) is 7.87. The summed E-state index contributed by atoms with van der Waals surface area (Å²) in [5.41, 5.74) is 0. The van der Waals surface area contributed by atoms with Crippen molar-refractivity contribution in [1.82, 2.24) is 0 Å². The summed E-state index contributed by atoms with van der Waals surface area (Å²) in [6.07, 6.45) is 25.4. The molecule has 0 rings (SSSR count). The monoisotopic (exact) mass is 438 g/mol. The first-order valence-electron chi connectivity index (χ1n) is 13.5. The first-order valence-corrected chi connectivity index (χ1v) is 13.5. The van der Waals surface area contributed by atoms with Gasteiger partial charge in [-0.1, -0.05) is 90.2 Å². The van der Waals surface area contributed by atoms with Crippen LogP contribution >= 0.6 is 0 Å². The number of ketones is 1. The minimum absolute atomic E-state index is 0.228. The zero-order valence-electron chi connectivity index (χ0n) is 21.9. The Morgan fingerprint density at radius 1 is 0.710 bits per heavy atom. The molecule has 0 aromatic carbocycles. The van der Waals surface area contributed by atoms with Gasteiger partial charge in [-0.05, 0) is 38.5 Å². The predicted molar refractivity (Wildman–Crippen MR) is 137 cm³/mol. The van der Waals surface area contributed by atoms with E-state index in [-0.39, 0.29) is 6.10 Å². The highest BCUT2D eigenvalue weighted by molar-refractivity contribution is 5.83. The number of unbranched alkanes of at least 4 members (excludes halogenated alkanes) is 13. The van der Waals surface area contributed by atoms with Gasteiger partial charge in [0.05, 0.1) is 21.1 Å². The number of quaternary nitrogens is 1. The van der Waals surface area contributed by atoms with Crippen LogP contribution in [0.4, 0.5) is 0 Å². The number of carbonyl (C=O) groups is 1. The quantitative estimate of drug-likeness (QED) is 0.0921. The van der Waals surface area contributed by atoms with Crippen molar-refractivity contribution in [2.75, 3.05) is 34.3 Å². The van der Waals surface area contributed by atoms with E-state index < -0.39 is 0 Å². The molecule has 0 saturated heterocycles. The Kier molecular flexibility index (Phi) is 20.7. The van der Waals surface area contributed by atoms with Gasteiger partial charge in [0.1, 0.15) is 6.54 Å². The summed E-state index contributed by atoms with van der Waals surface area (Å²) in [6.45, 7) is 5.96. The number of ether oxygens (including phenoxy) is 1. The molecule has 1 atom stereocenters. The van der Waals surface area contributed by atoms with Crippen LogP contribution in [-0.4, -0.2) is 50.7 Å². The topological polar surface area (TPSA) is 26.3 Å². The summed E-state index contributed by atoms with van der Waals surface area (Å²) in [6, 6.07) is 0. The van der Waals surface area contributed by atoms with Crippen molar-refractivity contribution in [3.05, 3.63) is 12.2 Å². The fraction of sp³-hybridized carbons (Fsp3) is 0.893. The van der Waals surface area contributed by atoms with Crippen molar-refractivity contribution < 1.29 is 14.0 Å². The van der Waals surface area contributed by atoms with Gasteiger partial charge in [-0.3, -0.25) is 4.79 Å². The van der Waals surface area contributed by atoms with E-state index in [1.54, 1.807) is 0 Å². The molecule has 0 fully saturated rings. The van der Waals surface area contributed by atoms with Crippen molar-refractivity contribution in [2.45, 2.75) is 129 Å². The van der Waals surface area contributed by atoms with Gasteiger partial charge in [0, 0.05) is 13.0 Å². The molecule has 0 N–H and O–H groups in total. The Balaban J connectivity index is 3.74. The lowest BCUT2D eigenvalue weighted by atomic mass is 10.0. The minimum Gasteiger partial charge on any atom is -0.364 e. The Morgan fingerprint density at radius 2 is 1.19 bits per heavy atom. The third kappa shape index (κ3) is 22.3. The maximum Gasteiger partial charge on any atom is 0.167 e. The molecule has 0 bridgehead atoms. The lowest BCUT2D eigenvalue weighted by molar-refractivity contribution is -0.872. The fourth-order valence-electron chi connectivity index (χ4n) is 3.85. The second kappa shape index (κ2) is 21.2. The average Bonchev–Trinajstić information content (AvgIpc) is 2.72. The van der Waals surface area contributed by atoms with E-state index in [0.717, 1.165) is 30.5 Å². The van der Waals surface area contributed by atoms with Crippen LogP contribution in [0.5, 0.6) is 0 Å². The summed E-state index contributed by atoms with van der Waals surface area (Å²) in [5, 5.41) is 0. The third-order valence-electron chi connectivity index (χ3n) is 5.82. The number of hydrogen-bond acceptors (Lipinski definition) is 2. The highest BCUT2D eigenvalue weighted by atomic mass is 16.5. The number of likely N-dealkylation sites (N-methyl/N-ethyl adjacent to an activating group) is 1. The smallest absolute Gasteiger partial charge is 0.167 e. The molecule has 0 aromatic heterocycles. The Hall–Kier alpha value is -0.670. The molecule has 1 unspecified atom stereocenters. The van der Waals surface area contributed by atoms with Crippen LogP contribution in [-0.2, 0) is 9.53 Å². The highest BCUT2D eigenvalue weighted by Gasteiger charge is 2.25. The molecule has 0 spiro atoms. The summed E-state index contributed by atoms with van der Waals surface area (Å²) in [4.78, 5) is 12.7. The van der Waals surface area contributed by atoms with E-state index in [1.165, 1.54) is 89.9 Å². The molecule has 0 aliphatic heterocycles. The third-order valence-corrected chi connectivity index (χ3v) is 5.82. The second-order valence-corrected chi connectivity index (χ2v) is 10.3. The summed E-state index contributed by atoms with van der Waals surface area (Å²) in [5.74, 6) is 0.308. The summed E-state index contributed by atoms with van der Waals surface area (Å²) in [7, 11) is 6.41. The molecule has 184 valence electrons. The molecule has 31 heavy (non-hydrogen) atoms. The van der Waals surface area contributed by atoms with Gasteiger partial charge in [-0.25, -0.2) is 0 Å². The highest BCUT2D eigenvalue weighted by Crippen LogP contribution is 2.12. The molecule has 0 heterocycles. The largest absolute Gasteiger partial charge is 0.364 e.